The molecule has 0 bridgehead atoms. The van der Waals surface area contributed by atoms with Crippen molar-refractivity contribution in [3.05, 3.63) is 59.7 Å². The van der Waals surface area contributed by atoms with Crippen LogP contribution in [0.2, 0.25) is 0 Å². The second-order valence-electron chi connectivity index (χ2n) is 6.73. The van der Waals surface area contributed by atoms with E-state index in [2.05, 4.69) is 43.4 Å². The van der Waals surface area contributed by atoms with Crippen LogP contribution in [-0.4, -0.2) is 16.4 Å². The number of unbranched alkanes of at least 4 members (excludes halogenated alkanes) is 1. The van der Waals surface area contributed by atoms with Gasteiger partial charge in [0.1, 0.15) is 5.75 Å². The summed E-state index contributed by atoms with van der Waals surface area (Å²) in [4.78, 5) is 1.37. The minimum absolute atomic E-state index is 0.155. The third kappa shape index (κ3) is 3.62. The molecule has 2 atom stereocenters. The van der Waals surface area contributed by atoms with E-state index in [0.717, 1.165) is 12.2 Å². The molecular weight excluding hydrogens is 314 g/mol. The second kappa shape index (κ2) is 7.62. The van der Waals surface area contributed by atoms with Crippen LogP contribution in [0, 0.1) is 0 Å². The Bertz CT molecular complexity index is 670. The van der Waals surface area contributed by atoms with Crippen LogP contribution >= 0.6 is 11.8 Å². The molecule has 0 aliphatic carbocycles. The first kappa shape index (κ1) is 17.4. The molecule has 0 spiro atoms. The molecule has 24 heavy (non-hydrogen) atoms. The minimum atomic E-state index is 0.155. The highest BCUT2D eigenvalue weighted by molar-refractivity contribution is 7.99. The lowest BCUT2D eigenvalue weighted by Crippen LogP contribution is -2.48. The molecule has 1 aliphatic heterocycles. The zero-order chi connectivity index (χ0) is 17.0. The molecule has 2 aromatic rings. The van der Waals surface area contributed by atoms with E-state index in [1.54, 1.807) is 12.1 Å². The Hall–Kier alpha value is -1.45. The summed E-state index contributed by atoms with van der Waals surface area (Å²) in [5.74, 6) is 1.43. The predicted octanol–water partition coefficient (Wildman–Crippen LogP) is 5.52. The van der Waals surface area contributed by atoms with E-state index < -0.39 is 0 Å². The van der Waals surface area contributed by atoms with Gasteiger partial charge in [-0.25, -0.2) is 0 Å². The minimum Gasteiger partial charge on any atom is -0.508 e. The van der Waals surface area contributed by atoms with Crippen LogP contribution in [0.5, 0.6) is 5.75 Å². The molecule has 2 nitrogen and oxygen atoms in total. The van der Waals surface area contributed by atoms with Gasteiger partial charge in [0.15, 0.2) is 0 Å². The molecule has 0 saturated heterocycles. The number of aromatic hydroxyl groups is 1. The number of rotatable bonds is 5. The fourth-order valence-corrected chi connectivity index (χ4v) is 4.85. The maximum atomic E-state index is 9.65. The monoisotopic (exact) mass is 341 g/mol. The van der Waals surface area contributed by atoms with Gasteiger partial charge in [-0.1, -0.05) is 57.0 Å². The van der Waals surface area contributed by atoms with Crippen LogP contribution in [0.25, 0.3) is 0 Å². The Morgan fingerprint density at radius 2 is 1.88 bits per heavy atom. The van der Waals surface area contributed by atoms with E-state index in [9.17, 15) is 5.11 Å². The van der Waals surface area contributed by atoms with Gasteiger partial charge in [-0.3, -0.25) is 5.32 Å². The molecule has 0 fully saturated rings. The fourth-order valence-electron chi connectivity index (χ4n) is 3.46. The summed E-state index contributed by atoms with van der Waals surface area (Å²) in [5.41, 5.74) is 2.72. The van der Waals surface area contributed by atoms with Gasteiger partial charge >= 0.3 is 0 Å². The Kier molecular flexibility index (Phi) is 5.52. The summed E-state index contributed by atoms with van der Waals surface area (Å²) in [7, 11) is 0. The van der Waals surface area contributed by atoms with Crippen LogP contribution in [0.3, 0.4) is 0 Å². The van der Waals surface area contributed by atoms with Gasteiger partial charge in [-0.05, 0) is 42.2 Å². The molecule has 3 heteroatoms. The zero-order valence-electron chi connectivity index (χ0n) is 14.6. The summed E-state index contributed by atoms with van der Waals surface area (Å²) < 4.78 is 0. The lowest BCUT2D eigenvalue weighted by atomic mass is 9.88. The number of fused-ring (bicyclic) bond motifs is 1. The van der Waals surface area contributed by atoms with Crippen LogP contribution in [-0.2, 0) is 0 Å². The molecule has 0 aromatic heterocycles. The van der Waals surface area contributed by atoms with Crippen molar-refractivity contribution in [2.75, 3.05) is 5.75 Å². The van der Waals surface area contributed by atoms with Crippen molar-refractivity contribution in [3.8, 4) is 5.75 Å². The number of hydrogen-bond donors (Lipinski definition) is 2. The van der Waals surface area contributed by atoms with Crippen molar-refractivity contribution >= 4 is 11.8 Å². The highest BCUT2D eigenvalue weighted by Gasteiger charge is 2.35. The molecule has 1 aliphatic rings. The normalized spacial score (nSPS) is 23.5. The molecule has 2 N–H and O–H groups in total. The summed E-state index contributed by atoms with van der Waals surface area (Å²) in [6.07, 6.45) is 4.81. The van der Waals surface area contributed by atoms with Crippen molar-refractivity contribution < 1.29 is 5.11 Å². The number of nitrogens with one attached hydrogen (secondary N) is 1. The first-order chi connectivity index (χ1) is 11.7. The van der Waals surface area contributed by atoms with Gasteiger partial charge in [0, 0.05) is 16.2 Å². The Morgan fingerprint density at radius 3 is 2.58 bits per heavy atom. The topological polar surface area (TPSA) is 32.3 Å². The molecule has 2 aromatic carbocycles. The summed E-state index contributed by atoms with van der Waals surface area (Å²) in [6, 6.07) is 16.6. The zero-order valence-corrected chi connectivity index (χ0v) is 15.4. The first-order valence-corrected chi connectivity index (χ1v) is 9.94. The van der Waals surface area contributed by atoms with Gasteiger partial charge in [0.05, 0.1) is 6.04 Å². The first-order valence-electron chi connectivity index (χ1n) is 8.96. The average Bonchev–Trinajstić information content (AvgIpc) is 2.79. The van der Waals surface area contributed by atoms with Gasteiger partial charge < -0.3 is 5.11 Å². The lowest BCUT2D eigenvalue weighted by molar-refractivity contribution is 0.298. The van der Waals surface area contributed by atoms with Crippen molar-refractivity contribution in [1.82, 2.24) is 5.32 Å². The van der Waals surface area contributed by atoms with E-state index in [4.69, 9.17) is 0 Å². The molecule has 0 amide bonds. The second-order valence-corrected chi connectivity index (χ2v) is 7.75. The highest BCUT2D eigenvalue weighted by Crippen LogP contribution is 2.40. The molecule has 128 valence electrons. The molecule has 0 unspecified atom stereocenters. The smallest absolute Gasteiger partial charge is 0.115 e. The molecular formula is C21H27NOS. The maximum absolute atomic E-state index is 9.65. The Morgan fingerprint density at radius 1 is 1.12 bits per heavy atom. The number of benzene rings is 2. The number of thioether (sulfide) groups is 1. The lowest BCUT2D eigenvalue weighted by Gasteiger charge is -2.36. The highest BCUT2D eigenvalue weighted by atomic mass is 32.2. The molecule has 1 heterocycles. The summed E-state index contributed by atoms with van der Waals surface area (Å²) in [5, 5.41) is 13.6. The van der Waals surface area contributed by atoms with E-state index in [0.29, 0.717) is 5.75 Å². The van der Waals surface area contributed by atoms with Gasteiger partial charge in [-0.2, -0.15) is 0 Å². The summed E-state index contributed by atoms with van der Waals surface area (Å²) >= 11 is 1.98. The van der Waals surface area contributed by atoms with E-state index in [-0.39, 0.29) is 11.6 Å². The predicted molar refractivity (Wildman–Crippen MR) is 103 cm³/mol. The molecule has 3 rings (SSSR count). The standard InChI is InChI=1S/C21H27NOS/c1-3-5-14-21(4-2)15-24-19-9-7-6-8-18(19)20(22-21)16-10-12-17(23)13-11-16/h6-13,20,22-23H,3-5,14-15H2,1-2H3/t20-,21+/m0/s1. The van der Waals surface area contributed by atoms with Crippen molar-refractivity contribution in [2.45, 2.75) is 56.0 Å². The Labute approximate surface area is 149 Å². The van der Waals surface area contributed by atoms with Crippen LogP contribution < -0.4 is 5.32 Å². The SMILES string of the molecule is CCCC[C@]1(CC)CSc2ccccc2[C@H](c2ccc(O)cc2)N1. The van der Waals surface area contributed by atoms with Crippen LogP contribution in [0.4, 0.5) is 0 Å². The van der Waals surface area contributed by atoms with Crippen LogP contribution in [0.15, 0.2) is 53.4 Å². The van der Waals surface area contributed by atoms with Gasteiger partial charge in [-0.15, -0.1) is 11.8 Å². The van der Waals surface area contributed by atoms with Crippen molar-refractivity contribution in [3.63, 3.8) is 0 Å². The fraction of sp³-hybridized carbons (Fsp3) is 0.429. The number of hydrogen-bond acceptors (Lipinski definition) is 3. The van der Waals surface area contributed by atoms with Gasteiger partial charge in [0.25, 0.3) is 0 Å². The van der Waals surface area contributed by atoms with Crippen molar-refractivity contribution in [1.29, 1.82) is 0 Å². The largest absolute Gasteiger partial charge is 0.508 e. The molecule has 0 radical (unpaired) electrons. The number of phenols is 1. The Balaban J connectivity index is 2.02. The van der Waals surface area contributed by atoms with Gasteiger partial charge in [0.2, 0.25) is 0 Å². The van der Waals surface area contributed by atoms with Crippen molar-refractivity contribution in [2.24, 2.45) is 0 Å². The summed E-state index contributed by atoms with van der Waals surface area (Å²) in [6.45, 7) is 4.56. The van der Waals surface area contributed by atoms with E-state index >= 15 is 0 Å². The van der Waals surface area contributed by atoms with Crippen LogP contribution in [0.1, 0.15) is 56.7 Å². The third-order valence-corrected chi connectivity index (χ3v) is 6.48. The molecule has 0 saturated carbocycles. The maximum Gasteiger partial charge on any atom is 0.115 e. The third-order valence-electron chi connectivity index (χ3n) is 5.10. The average molecular weight is 342 g/mol. The van der Waals surface area contributed by atoms with E-state index in [1.165, 1.54) is 35.3 Å². The number of phenolic OH excluding ortho intramolecular Hbond substituents is 1. The quantitative estimate of drug-likeness (QED) is 0.751. The van der Waals surface area contributed by atoms with E-state index in [1.807, 2.05) is 23.9 Å².